The van der Waals surface area contributed by atoms with Crippen LogP contribution in [0.25, 0.3) is 0 Å². The fraction of sp³-hybridized carbons (Fsp3) is 0.444. The lowest BCUT2D eigenvalue weighted by molar-refractivity contribution is -0.161. The van der Waals surface area contributed by atoms with Crippen molar-refractivity contribution in [1.82, 2.24) is 4.90 Å². The molecule has 7 heteroatoms. The summed E-state index contributed by atoms with van der Waals surface area (Å²) < 4.78 is 11.4. The summed E-state index contributed by atoms with van der Waals surface area (Å²) in [7, 11) is 0. The minimum atomic E-state index is -1.10. The third-order valence-electron chi connectivity index (χ3n) is 5.78. The van der Waals surface area contributed by atoms with Gasteiger partial charge in [-0.25, -0.2) is 0 Å². The first-order valence-electron chi connectivity index (χ1n) is 11.8. The summed E-state index contributed by atoms with van der Waals surface area (Å²) in [5.74, 6) is -0.614. The van der Waals surface area contributed by atoms with E-state index in [0.717, 1.165) is 0 Å². The van der Waals surface area contributed by atoms with Gasteiger partial charge in [-0.05, 0) is 31.9 Å². The van der Waals surface area contributed by atoms with E-state index in [9.17, 15) is 14.4 Å². The number of carbonyl (C=O) groups is 3. The summed E-state index contributed by atoms with van der Waals surface area (Å²) in [5, 5.41) is 2.85. The van der Waals surface area contributed by atoms with Crippen LogP contribution in [0.5, 0.6) is 5.75 Å². The molecular formula is C27H34N2O5. The number of hydrogen-bond donors (Lipinski definition) is 1. The van der Waals surface area contributed by atoms with E-state index in [4.69, 9.17) is 9.47 Å². The zero-order chi connectivity index (χ0) is 24.7. The molecule has 1 aliphatic rings. The van der Waals surface area contributed by atoms with E-state index >= 15 is 0 Å². The molecule has 2 aromatic carbocycles. The molecule has 1 N–H and O–H groups in total. The van der Waals surface area contributed by atoms with Crippen LogP contribution in [0.2, 0.25) is 0 Å². The number of carbonyl (C=O) groups excluding carboxylic acids is 3. The fourth-order valence-corrected chi connectivity index (χ4v) is 3.96. The topological polar surface area (TPSA) is 84.9 Å². The molecule has 0 aliphatic carbocycles. The number of piperidine rings is 1. The molecule has 1 heterocycles. The first-order valence-corrected chi connectivity index (χ1v) is 11.8. The van der Waals surface area contributed by atoms with Gasteiger partial charge in [0.25, 0.3) is 5.91 Å². The summed E-state index contributed by atoms with van der Waals surface area (Å²) >= 11 is 0. The smallest absolute Gasteiger partial charge is 0.310 e. The quantitative estimate of drug-likeness (QED) is 0.603. The van der Waals surface area contributed by atoms with Crippen LogP contribution >= 0.6 is 0 Å². The second-order valence-electron chi connectivity index (χ2n) is 9.46. The van der Waals surface area contributed by atoms with Crippen molar-refractivity contribution in [3.8, 4) is 5.75 Å². The van der Waals surface area contributed by atoms with E-state index in [-0.39, 0.29) is 11.8 Å². The van der Waals surface area contributed by atoms with Crippen molar-refractivity contribution in [3.05, 3.63) is 60.2 Å². The Balaban J connectivity index is 1.71. The van der Waals surface area contributed by atoms with Gasteiger partial charge in [0, 0.05) is 24.1 Å². The van der Waals surface area contributed by atoms with Crippen LogP contribution in [0.1, 0.15) is 52.2 Å². The first-order chi connectivity index (χ1) is 16.2. The van der Waals surface area contributed by atoms with E-state index in [1.165, 1.54) is 0 Å². The summed E-state index contributed by atoms with van der Waals surface area (Å²) in [6.45, 7) is 9.00. The van der Waals surface area contributed by atoms with Crippen LogP contribution in [0.3, 0.4) is 0 Å². The predicted octanol–water partition coefficient (Wildman–Crippen LogP) is 4.59. The summed E-state index contributed by atoms with van der Waals surface area (Å²) in [5.41, 5.74) is 0.643. The van der Waals surface area contributed by atoms with Gasteiger partial charge in [0.2, 0.25) is 12.0 Å². The standard InChI is InChI=1S/C27H34N2O5/c1-5-33-22-14-10-9-13-21(22)28-24(30)23(19-11-7-6-8-12-19)34-25(31)20-15-17-29(18-16-20)26(32)27(2,3)4/h6-14,20,23H,5,15-18H2,1-4H3,(H,28,30). The Bertz CT molecular complexity index is 992. The molecule has 0 radical (unpaired) electrons. The molecule has 1 saturated heterocycles. The van der Waals surface area contributed by atoms with E-state index in [1.807, 2.05) is 39.8 Å². The number of esters is 1. The van der Waals surface area contributed by atoms with Gasteiger partial charge >= 0.3 is 5.97 Å². The molecule has 1 unspecified atom stereocenters. The number of amides is 2. The highest BCUT2D eigenvalue weighted by Gasteiger charge is 2.35. The molecule has 0 spiro atoms. The third kappa shape index (κ3) is 6.37. The van der Waals surface area contributed by atoms with Crippen molar-refractivity contribution in [1.29, 1.82) is 0 Å². The molecule has 1 atom stereocenters. The van der Waals surface area contributed by atoms with Gasteiger partial charge in [-0.1, -0.05) is 63.2 Å². The highest BCUT2D eigenvalue weighted by atomic mass is 16.5. The Morgan fingerprint density at radius 3 is 2.24 bits per heavy atom. The van der Waals surface area contributed by atoms with Crippen molar-refractivity contribution in [2.75, 3.05) is 25.0 Å². The first kappa shape index (κ1) is 25.3. The Kier molecular flexibility index (Phi) is 8.31. The van der Waals surface area contributed by atoms with Gasteiger partial charge in [-0.3, -0.25) is 14.4 Å². The van der Waals surface area contributed by atoms with Crippen molar-refractivity contribution in [2.45, 2.75) is 46.6 Å². The van der Waals surface area contributed by atoms with E-state index in [2.05, 4.69) is 5.32 Å². The number of nitrogens with zero attached hydrogens (tertiary/aromatic N) is 1. The second-order valence-corrected chi connectivity index (χ2v) is 9.46. The summed E-state index contributed by atoms with van der Waals surface area (Å²) in [6, 6.07) is 16.1. The second kappa shape index (κ2) is 11.2. The van der Waals surface area contributed by atoms with Gasteiger partial charge in [0.05, 0.1) is 18.2 Å². The van der Waals surface area contributed by atoms with E-state index < -0.39 is 23.4 Å². The van der Waals surface area contributed by atoms with Crippen LogP contribution in [0, 0.1) is 11.3 Å². The molecule has 2 amide bonds. The number of benzene rings is 2. The molecule has 1 aliphatic heterocycles. The predicted molar refractivity (Wildman–Crippen MR) is 130 cm³/mol. The van der Waals surface area contributed by atoms with Crippen LogP contribution in [-0.4, -0.2) is 42.4 Å². The van der Waals surface area contributed by atoms with Gasteiger partial charge in [-0.15, -0.1) is 0 Å². The number of likely N-dealkylation sites (tertiary alicyclic amines) is 1. The molecule has 7 nitrogen and oxygen atoms in total. The van der Waals surface area contributed by atoms with Crippen LogP contribution in [0.4, 0.5) is 5.69 Å². The average Bonchev–Trinajstić information content (AvgIpc) is 2.83. The molecule has 34 heavy (non-hydrogen) atoms. The maximum absolute atomic E-state index is 13.2. The lowest BCUT2D eigenvalue weighted by atomic mass is 9.91. The summed E-state index contributed by atoms with van der Waals surface area (Å²) in [4.78, 5) is 40.6. The van der Waals surface area contributed by atoms with Crippen molar-refractivity contribution in [3.63, 3.8) is 0 Å². The zero-order valence-corrected chi connectivity index (χ0v) is 20.4. The molecule has 3 rings (SSSR count). The third-order valence-corrected chi connectivity index (χ3v) is 5.78. The van der Waals surface area contributed by atoms with Crippen LogP contribution < -0.4 is 10.1 Å². The lowest BCUT2D eigenvalue weighted by Crippen LogP contribution is -2.45. The monoisotopic (exact) mass is 466 g/mol. The molecule has 182 valence electrons. The van der Waals surface area contributed by atoms with Crippen molar-refractivity contribution >= 4 is 23.5 Å². The van der Waals surface area contributed by atoms with E-state index in [1.54, 1.807) is 47.4 Å². The Hall–Kier alpha value is -3.35. The minimum absolute atomic E-state index is 0.0776. The van der Waals surface area contributed by atoms with Crippen LogP contribution in [-0.2, 0) is 19.1 Å². The molecule has 1 fully saturated rings. The van der Waals surface area contributed by atoms with Gasteiger partial charge in [-0.2, -0.15) is 0 Å². The normalized spacial score (nSPS) is 15.4. The molecule has 0 saturated carbocycles. The fourth-order valence-electron chi connectivity index (χ4n) is 3.96. The molecule has 2 aromatic rings. The van der Waals surface area contributed by atoms with E-state index in [0.29, 0.717) is 49.5 Å². The maximum atomic E-state index is 13.2. The lowest BCUT2D eigenvalue weighted by Gasteiger charge is -2.35. The number of nitrogens with one attached hydrogen (secondary N) is 1. The van der Waals surface area contributed by atoms with Crippen molar-refractivity contribution in [2.24, 2.45) is 11.3 Å². The Morgan fingerprint density at radius 1 is 1.00 bits per heavy atom. The van der Waals surface area contributed by atoms with Crippen molar-refractivity contribution < 1.29 is 23.9 Å². The SMILES string of the molecule is CCOc1ccccc1NC(=O)C(OC(=O)C1CCN(C(=O)C(C)(C)C)CC1)c1ccccc1. The molecule has 0 bridgehead atoms. The number of ether oxygens (including phenoxy) is 2. The van der Waals surface area contributed by atoms with Gasteiger partial charge < -0.3 is 19.7 Å². The Labute approximate surface area is 201 Å². The summed E-state index contributed by atoms with van der Waals surface area (Å²) in [6.07, 6.45) is -0.0777. The highest BCUT2D eigenvalue weighted by Crippen LogP contribution is 2.29. The highest BCUT2D eigenvalue weighted by molar-refractivity contribution is 5.97. The number of para-hydroxylation sites is 2. The number of anilines is 1. The number of hydrogen-bond acceptors (Lipinski definition) is 5. The largest absolute Gasteiger partial charge is 0.492 e. The number of rotatable bonds is 7. The molecule has 0 aromatic heterocycles. The van der Waals surface area contributed by atoms with Gasteiger partial charge in [0.1, 0.15) is 5.75 Å². The maximum Gasteiger partial charge on any atom is 0.310 e. The minimum Gasteiger partial charge on any atom is -0.492 e. The Morgan fingerprint density at radius 2 is 1.62 bits per heavy atom. The van der Waals surface area contributed by atoms with Gasteiger partial charge in [0.15, 0.2) is 0 Å². The average molecular weight is 467 g/mol. The zero-order valence-electron chi connectivity index (χ0n) is 20.4. The molecular weight excluding hydrogens is 432 g/mol. The van der Waals surface area contributed by atoms with Crippen LogP contribution in [0.15, 0.2) is 54.6 Å².